The molecule has 0 amide bonds. The zero-order valence-electron chi connectivity index (χ0n) is 11.6. The normalized spacial score (nSPS) is 14.9. The average Bonchev–Trinajstić information content (AvgIpc) is 2.36. The van der Waals surface area contributed by atoms with Gasteiger partial charge in [0.25, 0.3) is 0 Å². The summed E-state index contributed by atoms with van der Waals surface area (Å²) in [6.45, 7) is 5.83. The van der Waals surface area contributed by atoms with Crippen LogP contribution in [0.1, 0.15) is 32.4 Å². The van der Waals surface area contributed by atoms with Gasteiger partial charge in [0.15, 0.2) is 0 Å². The Morgan fingerprint density at radius 1 is 1.21 bits per heavy atom. The minimum Gasteiger partial charge on any atom is -0.392 e. The van der Waals surface area contributed by atoms with Gasteiger partial charge in [0, 0.05) is 18.3 Å². The van der Waals surface area contributed by atoms with Gasteiger partial charge in [0.05, 0.1) is 11.9 Å². The molecule has 1 rings (SSSR count). The molecule has 19 heavy (non-hydrogen) atoms. The van der Waals surface area contributed by atoms with Crippen LogP contribution in [-0.4, -0.2) is 31.9 Å². The van der Waals surface area contributed by atoms with E-state index < -0.39 is 16.1 Å². The van der Waals surface area contributed by atoms with Crippen molar-refractivity contribution in [2.75, 3.05) is 17.0 Å². The van der Waals surface area contributed by atoms with Crippen LogP contribution in [-0.2, 0) is 10.0 Å². The Morgan fingerprint density at radius 3 is 2.26 bits per heavy atom. The minimum atomic E-state index is -3.23. The number of hydrogen-bond acceptors (Lipinski definition) is 4. The first-order chi connectivity index (χ1) is 8.84. The Labute approximate surface area is 115 Å². The molecule has 1 aromatic rings. The summed E-state index contributed by atoms with van der Waals surface area (Å²) in [6, 6.07) is 7.32. The lowest BCUT2D eigenvalue weighted by atomic mass is 10.1. The van der Waals surface area contributed by atoms with E-state index in [0.29, 0.717) is 12.2 Å². The summed E-state index contributed by atoms with van der Waals surface area (Å²) < 4.78 is 25.3. The molecule has 0 saturated heterocycles. The number of sulfonamides is 1. The first-order valence-electron chi connectivity index (χ1n) is 6.36. The molecule has 5 nitrogen and oxygen atoms in total. The van der Waals surface area contributed by atoms with Crippen LogP contribution in [0.3, 0.4) is 0 Å². The molecule has 108 valence electrons. The molecule has 0 radical (unpaired) electrons. The number of nitrogens with one attached hydrogen (secondary N) is 2. The molecule has 0 fully saturated rings. The highest BCUT2D eigenvalue weighted by atomic mass is 32.2. The van der Waals surface area contributed by atoms with Gasteiger partial charge in [-0.15, -0.1) is 0 Å². The third-order valence-corrected chi connectivity index (χ3v) is 4.09. The highest BCUT2D eigenvalue weighted by Crippen LogP contribution is 2.16. The predicted octanol–water partition coefficient (Wildman–Crippen LogP) is 1.48. The van der Waals surface area contributed by atoms with Gasteiger partial charge < -0.3 is 10.4 Å². The fourth-order valence-electron chi connectivity index (χ4n) is 1.56. The third kappa shape index (κ3) is 5.59. The monoisotopic (exact) mass is 286 g/mol. The largest absolute Gasteiger partial charge is 0.392 e. The molecular weight excluding hydrogens is 264 g/mol. The fourth-order valence-corrected chi connectivity index (χ4v) is 2.20. The predicted molar refractivity (Wildman–Crippen MR) is 77.6 cm³/mol. The van der Waals surface area contributed by atoms with E-state index >= 15 is 0 Å². The summed E-state index contributed by atoms with van der Waals surface area (Å²) in [6.07, 6.45) is -0.391. The van der Waals surface area contributed by atoms with E-state index in [4.69, 9.17) is 0 Å². The Bertz CT molecular complexity index is 483. The number of aliphatic hydroxyl groups excluding tert-OH is 1. The second-order valence-corrected chi connectivity index (χ2v) is 6.62. The van der Waals surface area contributed by atoms with E-state index in [9.17, 15) is 13.5 Å². The lowest BCUT2D eigenvalue weighted by Gasteiger charge is -2.16. The summed E-state index contributed by atoms with van der Waals surface area (Å²) in [5, 5.41) is 12.4. The van der Waals surface area contributed by atoms with Crippen LogP contribution in [0.15, 0.2) is 24.3 Å². The van der Waals surface area contributed by atoms with Gasteiger partial charge in [-0.05, 0) is 38.5 Å². The van der Waals surface area contributed by atoms with E-state index in [1.54, 1.807) is 26.0 Å². The zero-order chi connectivity index (χ0) is 14.5. The van der Waals surface area contributed by atoms with Gasteiger partial charge in [-0.25, -0.2) is 8.42 Å². The van der Waals surface area contributed by atoms with E-state index in [1.807, 2.05) is 19.1 Å². The second kappa shape index (κ2) is 6.88. The maximum absolute atomic E-state index is 11.4. The first kappa shape index (κ1) is 15.9. The van der Waals surface area contributed by atoms with Crippen molar-refractivity contribution in [1.29, 1.82) is 0 Å². The summed E-state index contributed by atoms with van der Waals surface area (Å²) in [5.41, 5.74) is 1.61. The average molecular weight is 286 g/mol. The van der Waals surface area contributed by atoms with Crippen molar-refractivity contribution in [1.82, 2.24) is 5.32 Å². The topological polar surface area (TPSA) is 78.4 Å². The molecule has 0 aliphatic carbocycles. The molecule has 0 spiro atoms. The molecule has 3 N–H and O–H groups in total. The Kier molecular flexibility index (Phi) is 5.78. The van der Waals surface area contributed by atoms with E-state index in [1.165, 1.54) is 0 Å². The second-order valence-electron chi connectivity index (χ2n) is 4.61. The van der Waals surface area contributed by atoms with Crippen molar-refractivity contribution in [2.24, 2.45) is 0 Å². The van der Waals surface area contributed by atoms with Crippen molar-refractivity contribution in [2.45, 2.75) is 32.9 Å². The highest BCUT2D eigenvalue weighted by Gasteiger charge is 2.08. The van der Waals surface area contributed by atoms with Crippen LogP contribution < -0.4 is 10.0 Å². The molecule has 1 aromatic carbocycles. The SMILES string of the molecule is CCS(=O)(=O)Nc1ccc(C(C)NCC(C)O)cc1. The van der Waals surface area contributed by atoms with Gasteiger partial charge in [-0.2, -0.15) is 0 Å². The lowest BCUT2D eigenvalue weighted by Crippen LogP contribution is -2.27. The molecule has 6 heteroatoms. The molecule has 0 bridgehead atoms. The van der Waals surface area contributed by atoms with Crippen LogP contribution in [0.25, 0.3) is 0 Å². The molecule has 0 saturated carbocycles. The Balaban J connectivity index is 2.66. The van der Waals surface area contributed by atoms with E-state index in [-0.39, 0.29) is 11.8 Å². The third-order valence-electron chi connectivity index (χ3n) is 2.78. The summed E-state index contributed by atoms with van der Waals surface area (Å²) in [7, 11) is -3.23. The van der Waals surface area contributed by atoms with E-state index in [0.717, 1.165) is 5.56 Å². The Hall–Kier alpha value is -1.11. The van der Waals surface area contributed by atoms with Crippen molar-refractivity contribution < 1.29 is 13.5 Å². The van der Waals surface area contributed by atoms with Crippen LogP contribution in [0.4, 0.5) is 5.69 Å². The summed E-state index contributed by atoms with van der Waals surface area (Å²) in [5.74, 6) is 0.0566. The summed E-state index contributed by atoms with van der Waals surface area (Å²) >= 11 is 0. The molecule has 0 heterocycles. The quantitative estimate of drug-likeness (QED) is 0.709. The summed E-state index contributed by atoms with van der Waals surface area (Å²) in [4.78, 5) is 0. The van der Waals surface area contributed by atoms with E-state index in [2.05, 4.69) is 10.0 Å². The Morgan fingerprint density at radius 2 is 1.79 bits per heavy atom. The van der Waals surface area contributed by atoms with Crippen LogP contribution in [0.5, 0.6) is 0 Å². The lowest BCUT2D eigenvalue weighted by molar-refractivity contribution is 0.187. The van der Waals surface area contributed by atoms with Gasteiger partial charge in [-0.3, -0.25) is 4.72 Å². The van der Waals surface area contributed by atoms with Gasteiger partial charge >= 0.3 is 0 Å². The van der Waals surface area contributed by atoms with Crippen molar-refractivity contribution in [3.63, 3.8) is 0 Å². The number of anilines is 1. The van der Waals surface area contributed by atoms with Gasteiger partial charge in [0.1, 0.15) is 0 Å². The zero-order valence-corrected chi connectivity index (χ0v) is 12.4. The van der Waals surface area contributed by atoms with Crippen LogP contribution in [0.2, 0.25) is 0 Å². The number of hydrogen-bond donors (Lipinski definition) is 3. The van der Waals surface area contributed by atoms with Crippen molar-refractivity contribution >= 4 is 15.7 Å². The smallest absolute Gasteiger partial charge is 0.232 e. The molecule has 2 unspecified atom stereocenters. The number of rotatable bonds is 7. The highest BCUT2D eigenvalue weighted by molar-refractivity contribution is 7.92. The maximum Gasteiger partial charge on any atom is 0.232 e. The number of aliphatic hydroxyl groups is 1. The first-order valence-corrected chi connectivity index (χ1v) is 8.01. The molecule has 0 aliphatic rings. The van der Waals surface area contributed by atoms with Gasteiger partial charge in [-0.1, -0.05) is 12.1 Å². The standard InChI is InChI=1S/C13H22N2O3S/c1-4-19(17,18)15-13-7-5-12(6-8-13)11(3)14-9-10(2)16/h5-8,10-11,14-16H,4,9H2,1-3H3. The maximum atomic E-state index is 11.4. The molecule has 2 atom stereocenters. The minimum absolute atomic E-state index is 0.0566. The van der Waals surface area contributed by atoms with Crippen LogP contribution in [0, 0.1) is 0 Å². The molecule has 0 aliphatic heterocycles. The molecule has 0 aromatic heterocycles. The van der Waals surface area contributed by atoms with Gasteiger partial charge in [0.2, 0.25) is 10.0 Å². The number of benzene rings is 1. The molecular formula is C13H22N2O3S. The van der Waals surface area contributed by atoms with Crippen molar-refractivity contribution in [3.05, 3.63) is 29.8 Å². The fraction of sp³-hybridized carbons (Fsp3) is 0.538. The van der Waals surface area contributed by atoms with Crippen molar-refractivity contribution in [3.8, 4) is 0 Å². The van der Waals surface area contributed by atoms with Crippen LogP contribution >= 0.6 is 0 Å².